The Balaban J connectivity index is 1.22. The van der Waals surface area contributed by atoms with Crippen LogP contribution in [0, 0.1) is 0 Å². The molecule has 0 N–H and O–H groups in total. The standard InChI is InChI=1S/C61H41NO/c1-6-16-42(17-7-1)47-26-32-52(33-27-47)62-57-34-28-48(43-18-8-2-9-19-43)38-53(57)61(54-39-49(29-35-58(54)62)44-20-10-3-11-21-44)55-40-50(45-22-12-4-13-23-45)30-36-59(55)63-60-37-31-51(41-56(60)61)46-24-14-5-15-25-46/h1-41H. The summed E-state index contributed by atoms with van der Waals surface area (Å²) in [5.41, 5.74) is 18.7. The molecule has 0 aliphatic carbocycles. The predicted molar refractivity (Wildman–Crippen MR) is 260 cm³/mol. The van der Waals surface area contributed by atoms with Crippen molar-refractivity contribution in [3.05, 3.63) is 271 Å². The zero-order valence-electron chi connectivity index (χ0n) is 34.5. The van der Waals surface area contributed by atoms with E-state index in [2.05, 4.69) is 254 Å². The molecule has 2 nitrogen and oxygen atoms in total. The second-order valence-corrected chi connectivity index (χ2v) is 16.5. The van der Waals surface area contributed by atoms with Crippen molar-refractivity contribution >= 4 is 17.1 Å². The van der Waals surface area contributed by atoms with Crippen LogP contribution in [0.3, 0.4) is 0 Å². The molecule has 0 unspecified atom stereocenters. The van der Waals surface area contributed by atoms with E-state index in [4.69, 9.17) is 4.74 Å². The van der Waals surface area contributed by atoms with Crippen molar-refractivity contribution in [1.82, 2.24) is 0 Å². The fourth-order valence-corrected chi connectivity index (χ4v) is 9.96. The summed E-state index contributed by atoms with van der Waals surface area (Å²) in [6.45, 7) is 0. The first kappa shape index (κ1) is 36.6. The molecule has 2 aliphatic heterocycles. The number of nitrogens with zero attached hydrogens (tertiary/aromatic N) is 1. The Kier molecular flexibility index (Phi) is 8.76. The molecular formula is C61H41NO. The third-order valence-corrected chi connectivity index (χ3v) is 12.9. The third-order valence-electron chi connectivity index (χ3n) is 12.9. The van der Waals surface area contributed by atoms with Gasteiger partial charge in [0.05, 0.1) is 16.8 Å². The van der Waals surface area contributed by atoms with E-state index in [-0.39, 0.29) is 0 Å². The van der Waals surface area contributed by atoms with Crippen LogP contribution in [0.15, 0.2) is 249 Å². The minimum Gasteiger partial charge on any atom is -0.457 e. The monoisotopic (exact) mass is 803 g/mol. The molecule has 296 valence electrons. The van der Waals surface area contributed by atoms with E-state index in [1.165, 1.54) is 33.4 Å². The predicted octanol–water partition coefficient (Wildman–Crippen LogP) is 16.3. The van der Waals surface area contributed by atoms with Crippen molar-refractivity contribution in [2.45, 2.75) is 5.41 Å². The first-order chi connectivity index (χ1) is 31.2. The molecule has 2 aliphatic rings. The van der Waals surface area contributed by atoms with Crippen LogP contribution >= 0.6 is 0 Å². The Morgan fingerprint density at radius 3 is 0.905 bits per heavy atom. The van der Waals surface area contributed by atoms with Gasteiger partial charge in [0.2, 0.25) is 0 Å². The second kappa shape index (κ2) is 15.1. The van der Waals surface area contributed by atoms with Gasteiger partial charge >= 0.3 is 0 Å². The number of hydrogen-bond acceptors (Lipinski definition) is 2. The van der Waals surface area contributed by atoms with Gasteiger partial charge in [0.15, 0.2) is 0 Å². The van der Waals surface area contributed by atoms with E-state index in [1.54, 1.807) is 0 Å². The summed E-state index contributed by atoms with van der Waals surface area (Å²) in [5, 5.41) is 0. The number of ether oxygens (including phenoxy) is 1. The third kappa shape index (κ3) is 6.10. The maximum atomic E-state index is 7.10. The largest absolute Gasteiger partial charge is 0.457 e. The van der Waals surface area contributed by atoms with E-state index in [0.29, 0.717) is 0 Å². The molecule has 0 aromatic heterocycles. The SMILES string of the molecule is c1ccc(-c2ccc(N3c4ccc(-c5ccccc5)cc4C4(c5cc(-c6ccccc6)ccc5Oc5ccc(-c6ccccc6)cc54)c4cc(-c5ccccc5)ccc43)cc2)cc1. The van der Waals surface area contributed by atoms with Gasteiger partial charge in [-0.1, -0.05) is 188 Å². The van der Waals surface area contributed by atoms with Crippen LogP contribution in [0.5, 0.6) is 11.5 Å². The summed E-state index contributed by atoms with van der Waals surface area (Å²) in [4.78, 5) is 2.48. The van der Waals surface area contributed by atoms with Crippen LogP contribution in [0.25, 0.3) is 55.6 Å². The number of benzene rings is 10. The Morgan fingerprint density at radius 1 is 0.254 bits per heavy atom. The highest BCUT2D eigenvalue weighted by atomic mass is 16.5. The lowest BCUT2D eigenvalue weighted by Gasteiger charge is -2.49. The van der Waals surface area contributed by atoms with Crippen molar-refractivity contribution in [2.24, 2.45) is 0 Å². The van der Waals surface area contributed by atoms with Gasteiger partial charge in [-0.05, 0) is 127 Å². The van der Waals surface area contributed by atoms with Gasteiger partial charge in [0.1, 0.15) is 11.5 Å². The van der Waals surface area contributed by atoms with Gasteiger partial charge < -0.3 is 9.64 Å². The molecule has 10 aromatic carbocycles. The summed E-state index contributed by atoms with van der Waals surface area (Å²) < 4.78 is 7.10. The molecule has 10 aromatic rings. The van der Waals surface area contributed by atoms with Gasteiger partial charge in [-0.15, -0.1) is 0 Å². The molecule has 12 rings (SSSR count). The minimum atomic E-state index is -0.820. The van der Waals surface area contributed by atoms with Crippen LogP contribution in [0.4, 0.5) is 17.1 Å². The number of hydrogen-bond donors (Lipinski definition) is 0. The molecule has 0 saturated heterocycles. The molecule has 1 spiro atoms. The maximum absolute atomic E-state index is 7.10. The summed E-state index contributed by atoms with van der Waals surface area (Å²) in [6, 6.07) is 90.4. The normalized spacial score (nSPS) is 13.0. The lowest BCUT2D eigenvalue weighted by molar-refractivity contribution is 0.434. The van der Waals surface area contributed by atoms with Crippen molar-refractivity contribution in [3.63, 3.8) is 0 Å². The zero-order chi connectivity index (χ0) is 41.7. The smallest absolute Gasteiger partial charge is 0.132 e. The molecular weight excluding hydrogens is 763 g/mol. The molecule has 0 radical (unpaired) electrons. The Bertz CT molecular complexity index is 3090. The van der Waals surface area contributed by atoms with Crippen LogP contribution in [0.1, 0.15) is 22.3 Å². The highest BCUT2D eigenvalue weighted by molar-refractivity contribution is 5.94. The molecule has 0 atom stereocenters. The van der Waals surface area contributed by atoms with Gasteiger partial charge in [0, 0.05) is 16.8 Å². The fraction of sp³-hybridized carbons (Fsp3) is 0.0164. The second-order valence-electron chi connectivity index (χ2n) is 16.5. The number of anilines is 3. The summed E-state index contributed by atoms with van der Waals surface area (Å²) >= 11 is 0. The van der Waals surface area contributed by atoms with E-state index in [0.717, 1.165) is 73.1 Å². The topological polar surface area (TPSA) is 12.5 Å². The van der Waals surface area contributed by atoms with Crippen LogP contribution in [-0.2, 0) is 5.41 Å². The van der Waals surface area contributed by atoms with Gasteiger partial charge in [-0.3, -0.25) is 0 Å². The molecule has 2 heterocycles. The zero-order valence-corrected chi connectivity index (χ0v) is 34.5. The molecule has 2 heteroatoms. The highest BCUT2D eigenvalue weighted by Gasteiger charge is 2.52. The highest BCUT2D eigenvalue weighted by Crippen LogP contribution is 2.64. The number of rotatable bonds is 6. The van der Waals surface area contributed by atoms with Crippen LogP contribution < -0.4 is 9.64 Å². The lowest BCUT2D eigenvalue weighted by Crippen LogP contribution is -2.40. The van der Waals surface area contributed by atoms with E-state index >= 15 is 0 Å². The van der Waals surface area contributed by atoms with Crippen molar-refractivity contribution < 1.29 is 4.74 Å². The van der Waals surface area contributed by atoms with E-state index in [1.807, 2.05) is 0 Å². The Labute approximate surface area is 368 Å². The summed E-state index contributed by atoms with van der Waals surface area (Å²) in [6.07, 6.45) is 0. The van der Waals surface area contributed by atoms with Gasteiger partial charge in [-0.25, -0.2) is 0 Å². The quantitative estimate of drug-likeness (QED) is 0.166. The minimum absolute atomic E-state index is 0.820. The average Bonchev–Trinajstić information content (AvgIpc) is 3.37. The molecule has 63 heavy (non-hydrogen) atoms. The molecule has 0 bridgehead atoms. The van der Waals surface area contributed by atoms with Crippen LogP contribution in [-0.4, -0.2) is 0 Å². The van der Waals surface area contributed by atoms with E-state index < -0.39 is 5.41 Å². The maximum Gasteiger partial charge on any atom is 0.132 e. The van der Waals surface area contributed by atoms with Gasteiger partial charge in [0.25, 0.3) is 0 Å². The van der Waals surface area contributed by atoms with Crippen molar-refractivity contribution in [1.29, 1.82) is 0 Å². The van der Waals surface area contributed by atoms with E-state index in [9.17, 15) is 0 Å². The lowest BCUT2D eigenvalue weighted by atomic mass is 9.60. The van der Waals surface area contributed by atoms with Crippen molar-refractivity contribution in [3.8, 4) is 67.1 Å². The number of fused-ring (bicyclic) bond motifs is 8. The van der Waals surface area contributed by atoms with Crippen LogP contribution in [0.2, 0.25) is 0 Å². The fourth-order valence-electron chi connectivity index (χ4n) is 9.96. The average molecular weight is 804 g/mol. The molecule has 0 fully saturated rings. The Hall–Kier alpha value is -8.20. The summed E-state index contributed by atoms with van der Waals surface area (Å²) in [7, 11) is 0. The first-order valence-corrected chi connectivity index (χ1v) is 21.7. The van der Waals surface area contributed by atoms with Crippen molar-refractivity contribution in [2.75, 3.05) is 4.90 Å². The molecule has 0 saturated carbocycles. The molecule has 0 amide bonds. The Morgan fingerprint density at radius 2 is 0.540 bits per heavy atom. The first-order valence-electron chi connectivity index (χ1n) is 21.7. The van der Waals surface area contributed by atoms with Gasteiger partial charge in [-0.2, -0.15) is 0 Å². The summed E-state index contributed by atoms with van der Waals surface area (Å²) in [5.74, 6) is 1.70.